The minimum atomic E-state index is -4.51. The zero-order chi connectivity index (χ0) is 19.1. The Kier molecular flexibility index (Phi) is 4.82. The summed E-state index contributed by atoms with van der Waals surface area (Å²) in [5.74, 6) is -0.0906. The summed E-state index contributed by atoms with van der Waals surface area (Å²) in [6.45, 7) is 6.23. The third kappa shape index (κ3) is 4.07. The molecule has 0 radical (unpaired) electrons. The first-order valence-corrected chi connectivity index (χ1v) is 9.07. The van der Waals surface area contributed by atoms with Crippen molar-refractivity contribution >= 4 is 28.1 Å². The van der Waals surface area contributed by atoms with Crippen molar-refractivity contribution in [3.8, 4) is 0 Å². The highest BCUT2D eigenvalue weighted by Crippen LogP contribution is 2.37. The predicted octanol–water partition coefficient (Wildman–Crippen LogP) is 3.81. The maximum absolute atomic E-state index is 13.2. The molecule has 6 nitrogen and oxygen atoms in total. The van der Waals surface area contributed by atoms with Gasteiger partial charge in [0.25, 0.3) is 0 Å². The predicted molar refractivity (Wildman–Crippen MR) is 95.9 cm³/mol. The Hall–Kier alpha value is -1.94. The summed E-state index contributed by atoms with van der Waals surface area (Å²) in [7, 11) is 0. The van der Waals surface area contributed by atoms with Crippen molar-refractivity contribution < 1.29 is 13.2 Å². The lowest BCUT2D eigenvalue weighted by atomic mass is 9.95. The number of anilines is 3. The summed E-state index contributed by atoms with van der Waals surface area (Å²) >= 11 is 1.40. The van der Waals surface area contributed by atoms with Crippen LogP contribution in [0.2, 0.25) is 0 Å². The Morgan fingerprint density at radius 3 is 2.54 bits per heavy atom. The zero-order valence-electron chi connectivity index (χ0n) is 14.7. The van der Waals surface area contributed by atoms with Gasteiger partial charge in [-0.3, -0.25) is 0 Å². The molecule has 1 aliphatic rings. The molecule has 0 aromatic carbocycles. The van der Waals surface area contributed by atoms with E-state index in [1.165, 1.54) is 11.3 Å². The molecule has 2 aromatic rings. The molecule has 1 aliphatic carbocycles. The van der Waals surface area contributed by atoms with Gasteiger partial charge in [0.05, 0.1) is 5.69 Å². The molecule has 2 heterocycles. The van der Waals surface area contributed by atoms with Gasteiger partial charge in [-0.1, -0.05) is 13.8 Å². The van der Waals surface area contributed by atoms with E-state index in [2.05, 4.69) is 25.6 Å². The lowest BCUT2D eigenvalue weighted by Gasteiger charge is -2.18. The van der Waals surface area contributed by atoms with Crippen LogP contribution in [0.4, 0.5) is 29.9 Å². The van der Waals surface area contributed by atoms with E-state index in [9.17, 15) is 13.2 Å². The van der Waals surface area contributed by atoms with Gasteiger partial charge in [0.1, 0.15) is 21.4 Å². The summed E-state index contributed by atoms with van der Waals surface area (Å²) in [6.07, 6.45) is -2.01. The molecule has 4 N–H and O–H groups in total. The molecule has 0 spiro atoms. The van der Waals surface area contributed by atoms with E-state index in [1.54, 1.807) is 0 Å². The van der Waals surface area contributed by atoms with Gasteiger partial charge in [0.2, 0.25) is 5.95 Å². The number of nitrogens with zero attached hydrogens (tertiary/aromatic N) is 3. The average molecular weight is 386 g/mol. The Morgan fingerprint density at radius 2 is 1.96 bits per heavy atom. The van der Waals surface area contributed by atoms with Crippen LogP contribution in [0.5, 0.6) is 0 Å². The molecule has 0 unspecified atom stereocenters. The van der Waals surface area contributed by atoms with Crippen LogP contribution in [0.15, 0.2) is 6.20 Å². The molecular weight excluding hydrogens is 365 g/mol. The Balaban J connectivity index is 1.88. The maximum atomic E-state index is 13.2. The molecule has 10 heteroatoms. The highest BCUT2D eigenvalue weighted by Gasteiger charge is 2.37. The van der Waals surface area contributed by atoms with E-state index in [0.717, 1.165) is 29.7 Å². The monoisotopic (exact) mass is 386 g/mol. The number of hydrogen-bond donors (Lipinski definition) is 3. The normalized spacial score (nSPS) is 15.2. The van der Waals surface area contributed by atoms with Crippen molar-refractivity contribution in [2.75, 3.05) is 17.2 Å². The van der Waals surface area contributed by atoms with Gasteiger partial charge in [-0.2, -0.15) is 18.2 Å². The van der Waals surface area contributed by atoms with Crippen molar-refractivity contribution in [2.45, 2.75) is 51.2 Å². The van der Waals surface area contributed by atoms with Crippen molar-refractivity contribution in [1.29, 1.82) is 0 Å². The number of nitrogens with one attached hydrogen (secondary N) is 2. The first-order valence-electron chi connectivity index (χ1n) is 8.26. The third-order valence-corrected chi connectivity index (χ3v) is 5.56. The smallest absolute Gasteiger partial charge is 0.367 e. The molecule has 1 fully saturated rings. The average Bonchev–Trinajstić information content (AvgIpc) is 3.28. The molecule has 0 aliphatic heterocycles. The summed E-state index contributed by atoms with van der Waals surface area (Å²) in [5.41, 5.74) is 5.37. The number of hydrogen-bond acceptors (Lipinski definition) is 7. The van der Waals surface area contributed by atoms with Crippen LogP contribution in [-0.2, 0) is 11.6 Å². The minimum absolute atomic E-state index is 0.0425. The fraction of sp³-hybridized carbons (Fsp3) is 0.562. The van der Waals surface area contributed by atoms with Crippen LogP contribution in [0.25, 0.3) is 0 Å². The fourth-order valence-electron chi connectivity index (χ4n) is 2.17. The van der Waals surface area contributed by atoms with Crippen LogP contribution in [0, 0.1) is 6.92 Å². The number of aromatic nitrogens is 3. The van der Waals surface area contributed by atoms with Crippen LogP contribution >= 0.6 is 11.3 Å². The van der Waals surface area contributed by atoms with E-state index >= 15 is 0 Å². The molecule has 0 saturated heterocycles. The molecule has 0 atom stereocenters. The number of halogens is 3. The van der Waals surface area contributed by atoms with Gasteiger partial charge in [-0.15, -0.1) is 11.3 Å². The minimum Gasteiger partial charge on any atom is -0.367 e. The standard InChI is InChI=1S/C16H21F3N6S/c1-8-12(26-13(22-8)15(2,3)7-20)25-14-21-6-10(16(17,18)19)11(24-14)23-9-4-5-9/h6,9H,4-5,7,20H2,1-3H3,(H2,21,23,24,25). The molecule has 2 aromatic heterocycles. The second-order valence-electron chi connectivity index (χ2n) is 7.02. The van der Waals surface area contributed by atoms with Crippen molar-refractivity contribution in [3.05, 3.63) is 22.5 Å². The van der Waals surface area contributed by atoms with Gasteiger partial charge in [0, 0.05) is 24.2 Å². The van der Waals surface area contributed by atoms with Crippen LogP contribution < -0.4 is 16.4 Å². The maximum Gasteiger partial charge on any atom is 0.421 e. The molecular formula is C16H21F3N6S. The largest absolute Gasteiger partial charge is 0.421 e. The van der Waals surface area contributed by atoms with E-state index in [4.69, 9.17) is 5.73 Å². The molecule has 26 heavy (non-hydrogen) atoms. The summed E-state index contributed by atoms with van der Waals surface area (Å²) in [6, 6.07) is 0.0425. The Labute approximate surface area is 153 Å². The molecule has 1 saturated carbocycles. The lowest BCUT2D eigenvalue weighted by Crippen LogP contribution is -2.27. The van der Waals surface area contributed by atoms with Crippen LogP contribution in [0.3, 0.4) is 0 Å². The van der Waals surface area contributed by atoms with Gasteiger partial charge in [-0.05, 0) is 19.8 Å². The zero-order valence-corrected chi connectivity index (χ0v) is 15.6. The second kappa shape index (κ2) is 6.66. The topological polar surface area (TPSA) is 88.8 Å². The first kappa shape index (κ1) is 18.8. The quantitative estimate of drug-likeness (QED) is 0.700. The Morgan fingerprint density at radius 1 is 1.27 bits per heavy atom. The third-order valence-electron chi connectivity index (χ3n) is 4.12. The van der Waals surface area contributed by atoms with Crippen molar-refractivity contribution in [3.63, 3.8) is 0 Å². The van der Waals surface area contributed by atoms with Crippen LogP contribution in [0.1, 0.15) is 43.0 Å². The van der Waals surface area contributed by atoms with E-state index in [0.29, 0.717) is 11.5 Å². The number of rotatable bonds is 6. The number of alkyl halides is 3. The SMILES string of the molecule is Cc1nc(C(C)(C)CN)sc1Nc1ncc(C(F)(F)F)c(NC2CC2)n1. The van der Waals surface area contributed by atoms with Crippen molar-refractivity contribution in [2.24, 2.45) is 5.73 Å². The van der Waals surface area contributed by atoms with Gasteiger partial charge in [0.15, 0.2) is 0 Å². The van der Waals surface area contributed by atoms with E-state index in [1.807, 2.05) is 20.8 Å². The van der Waals surface area contributed by atoms with Gasteiger partial charge in [-0.25, -0.2) is 9.97 Å². The number of thiazole rings is 1. The molecule has 0 amide bonds. The lowest BCUT2D eigenvalue weighted by molar-refractivity contribution is -0.137. The molecule has 142 valence electrons. The second-order valence-corrected chi connectivity index (χ2v) is 8.02. The Bertz CT molecular complexity index is 798. The first-order chi connectivity index (χ1) is 12.1. The van der Waals surface area contributed by atoms with Gasteiger partial charge >= 0.3 is 6.18 Å². The van der Waals surface area contributed by atoms with Gasteiger partial charge < -0.3 is 16.4 Å². The van der Waals surface area contributed by atoms with E-state index < -0.39 is 11.7 Å². The summed E-state index contributed by atoms with van der Waals surface area (Å²) in [5, 5.41) is 7.36. The number of aryl methyl sites for hydroxylation is 1. The number of nitrogens with two attached hydrogens (primary N) is 1. The van der Waals surface area contributed by atoms with Crippen LogP contribution in [-0.4, -0.2) is 27.5 Å². The van der Waals surface area contributed by atoms with E-state index in [-0.39, 0.29) is 23.2 Å². The highest BCUT2D eigenvalue weighted by atomic mass is 32.1. The summed E-state index contributed by atoms with van der Waals surface area (Å²) < 4.78 is 39.5. The molecule has 3 rings (SSSR count). The molecule has 0 bridgehead atoms. The van der Waals surface area contributed by atoms with Crippen molar-refractivity contribution in [1.82, 2.24) is 15.0 Å². The fourth-order valence-corrected chi connectivity index (χ4v) is 3.24. The summed E-state index contributed by atoms with van der Waals surface area (Å²) in [4.78, 5) is 12.4. The highest BCUT2D eigenvalue weighted by molar-refractivity contribution is 7.16.